The molecular weight excluding hydrogens is 269 g/mol. The van der Waals surface area contributed by atoms with E-state index >= 15 is 0 Å². The maximum absolute atomic E-state index is 13.3. The van der Waals surface area contributed by atoms with Gasteiger partial charge in [-0.05, 0) is 5.56 Å². The van der Waals surface area contributed by atoms with Crippen LogP contribution in [0.15, 0.2) is 42.5 Å². The van der Waals surface area contributed by atoms with Gasteiger partial charge in [-0.2, -0.15) is 0 Å². The van der Waals surface area contributed by atoms with Crippen LogP contribution >= 0.6 is 0 Å². The van der Waals surface area contributed by atoms with E-state index in [2.05, 4.69) is 5.32 Å². The van der Waals surface area contributed by atoms with Crippen molar-refractivity contribution in [2.75, 3.05) is 5.32 Å². The van der Waals surface area contributed by atoms with Gasteiger partial charge in [0.25, 0.3) is 0 Å². The third-order valence-corrected chi connectivity index (χ3v) is 2.54. The number of urea groups is 1. The summed E-state index contributed by atoms with van der Waals surface area (Å²) in [7, 11) is 0. The van der Waals surface area contributed by atoms with E-state index in [0.29, 0.717) is 12.1 Å². The van der Waals surface area contributed by atoms with Crippen LogP contribution in [-0.4, -0.2) is 6.03 Å². The number of hydrogen-bond acceptors (Lipinski definition) is 1. The number of hydrogen-bond donors (Lipinski definition) is 2. The highest BCUT2D eigenvalue weighted by Crippen LogP contribution is 2.19. The minimum absolute atomic E-state index is 0.205. The Kier molecular flexibility index (Phi) is 4.24. The molecule has 0 bridgehead atoms. The zero-order chi connectivity index (χ0) is 14.5. The van der Waals surface area contributed by atoms with Crippen molar-refractivity contribution in [3.63, 3.8) is 0 Å². The standard InChI is InChI=1S/C14H11F3N2O/c15-10-6-11(16)13(12(17)7-10)19-14(20)18-8-9-4-2-1-3-5-9/h1-7H,8H2,(H2,18,19,20). The molecule has 3 nitrogen and oxygen atoms in total. The molecule has 2 aromatic rings. The Morgan fingerprint density at radius 2 is 1.60 bits per heavy atom. The second-order valence-electron chi connectivity index (χ2n) is 4.04. The summed E-state index contributed by atoms with van der Waals surface area (Å²) in [6.45, 7) is 0.205. The first kappa shape index (κ1) is 13.9. The normalized spacial score (nSPS) is 10.2. The van der Waals surface area contributed by atoms with Crippen LogP contribution in [0.25, 0.3) is 0 Å². The summed E-state index contributed by atoms with van der Waals surface area (Å²) in [5.74, 6) is -3.38. The molecule has 0 heterocycles. The van der Waals surface area contributed by atoms with Crippen LogP contribution < -0.4 is 10.6 Å². The fourth-order valence-corrected chi connectivity index (χ4v) is 1.60. The average molecular weight is 280 g/mol. The number of rotatable bonds is 3. The Morgan fingerprint density at radius 3 is 2.20 bits per heavy atom. The van der Waals surface area contributed by atoms with E-state index < -0.39 is 29.2 Å². The van der Waals surface area contributed by atoms with Gasteiger partial charge in [0.2, 0.25) is 0 Å². The summed E-state index contributed by atoms with van der Waals surface area (Å²) in [5.41, 5.74) is 0.152. The molecule has 20 heavy (non-hydrogen) atoms. The fraction of sp³-hybridized carbons (Fsp3) is 0.0714. The lowest BCUT2D eigenvalue weighted by Crippen LogP contribution is -2.29. The number of benzene rings is 2. The molecule has 0 atom stereocenters. The van der Waals surface area contributed by atoms with Crippen molar-refractivity contribution >= 4 is 11.7 Å². The molecule has 0 aliphatic heterocycles. The van der Waals surface area contributed by atoms with E-state index in [1.165, 1.54) is 0 Å². The van der Waals surface area contributed by atoms with Gasteiger partial charge in [-0.15, -0.1) is 0 Å². The molecule has 2 rings (SSSR count). The van der Waals surface area contributed by atoms with Crippen molar-refractivity contribution in [2.24, 2.45) is 0 Å². The fourth-order valence-electron chi connectivity index (χ4n) is 1.60. The summed E-state index contributed by atoms with van der Waals surface area (Å²) >= 11 is 0. The van der Waals surface area contributed by atoms with E-state index in [1.54, 1.807) is 24.3 Å². The first-order valence-electron chi connectivity index (χ1n) is 5.79. The van der Waals surface area contributed by atoms with Crippen molar-refractivity contribution in [1.82, 2.24) is 5.32 Å². The van der Waals surface area contributed by atoms with E-state index in [0.717, 1.165) is 5.56 Å². The van der Waals surface area contributed by atoms with Gasteiger partial charge in [0.15, 0.2) is 11.6 Å². The first-order chi connectivity index (χ1) is 9.56. The van der Waals surface area contributed by atoms with Crippen molar-refractivity contribution in [3.05, 3.63) is 65.5 Å². The number of anilines is 1. The van der Waals surface area contributed by atoms with Gasteiger partial charge in [-0.3, -0.25) is 0 Å². The molecule has 2 amide bonds. The number of amides is 2. The Bertz CT molecular complexity index is 594. The number of nitrogens with one attached hydrogen (secondary N) is 2. The molecule has 0 unspecified atom stereocenters. The largest absolute Gasteiger partial charge is 0.334 e. The van der Waals surface area contributed by atoms with Gasteiger partial charge in [0.1, 0.15) is 11.5 Å². The third-order valence-electron chi connectivity index (χ3n) is 2.54. The van der Waals surface area contributed by atoms with Crippen molar-refractivity contribution in [2.45, 2.75) is 6.54 Å². The second kappa shape index (κ2) is 6.10. The lowest BCUT2D eigenvalue weighted by atomic mass is 10.2. The molecule has 2 aromatic carbocycles. The topological polar surface area (TPSA) is 41.1 Å². The quantitative estimate of drug-likeness (QED) is 0.888. The molecular formula is C14H11F3N2O. The molecule has 0 saturated heterocycles. The van der Waals surface area contributed by atoms with Gasteiger partial charge >= 0.3 is 6.03 Å². The van der Waals surface area contributed by atoms with E-state index in [-0.39, 0.29) is 6.54 Å². The smallest absolute Gasteiger partial charge is 0.319 e. The Balaban J connectivity index is 1.98. The molecule has 0 fully saturated rings. The minimum atomic E-state index is -1.17. The van der Waals surface area contributed by atoms with Crippen LogP contribution in [0.2, 0.25) is 0 Å². The molecule has 0 aromatic heterocycles. The SMILES string of the molecule is O=C(NCc1ccccc1)Nc1c(F)cc(F)cc1F. The molecule has 0 spiro atoms. The van der Waals surface area contributed by atoms with E-state index in [9.17, 15) is 18.0 Å². The summed E-state index contributed by atoms with van der Waals surface area (Å²) in [6.07, 6.45) is 0. The highest BCUT2D eigenvalue weighted by Gasteiger charge is 2.13. The number of carbonyl (C=O) groups is 1. The lowest BCUT2D eigenvalue weighted by molar-refractivity contribution is 0.251. The van der Waals surface area contributed by atoms with E-state index in [4.69, 9.17) is 0 Å². The van der Waals surface area contributed by atoms with Gasteiger partial charge in [-0.25, -0.2) is 18.0 Å². The van der Waals surface area contributed by atoms with Gasteiger partial charge < -0.3 is 10.6 Å². The van der Waals surface area contributed by atoms with Crippen LogP contribution in [0, 0.1) is 17.5 Å². The molecule has 2 N–H and O–H groups in total. The molecule has 6 heteroatoms. The number of carbonyl (C=O) groups excluding carboxylic acids is 1. The van der Waals surface area contributed by atoms with Crippen LogP contribution in [-0.2, 0) is 6.54 Å². The Morgan fingerprint density at radius 1 is 1.00 bits per heavy atom. The molecule has 0 saturated carbocycles. The van der Waals surface area contributed by atoms with Gasteiger partial charge in [0, 0.05) is 18.7 Å². The van der Waals surface area contributed by atoms with E-state index in [1.807, 2.05) is 11.4 Å². The Labute approximate surface area is 113 Å². The lowest BCUT2D eigenvalue weighted by Gasteiger charge is -2.09. The molecule has 104 valence electrons. The molecule has 0 aliphatic carbocycles. The first-order valence-corrected chi connectivity index (χ1v) is 5.79. The van der Waals surface area contributed by atoms with Crippen molar-refractivity contribution in [1.29, 1.82) is 0 Å². The predicted molar refractivity (Wildman–Crippen MR) is 68.6 cm³/mol. The van der Waals surface area contributed by atoms with Crippen molar-refractivity contribution in [3.8, 4) is 0 Å². The highest BCUT2D eigenvalue weighted by atomic mass is 19.1. The molecule has 0 aliphatic rings. The van der Waals surface area contributed by atoms with Crippen molar-refractivity contribution < 1.29 is 18.0 Å². The summed E-state index contributed by atoms with van der Waals surface area (Å²) in [6, 6.07) is 9.22. The third kappa shape index (κ3) is 3.50. The summed E-state index contributed by atoms with van der Waals surface area (Å²) in [4.78, 5) is 11.5. The minimum Gasteiger partial charge on any atom is -0.334 e. The van der Waals surface area contributed by atoms with Crippen LogP contribution in [0.4, 0.5) is 23.7 Å². The van der Waals surface area contributed by atoms with Gasteiger partial charge in [0.05, 0.1) is 0 Å². The highest BCUT2D eigenvalue weighted by molar-refractivity contribution is 5.89. The van der Waals surface area contributed by atoms with Crippen LogP contribution in [0.1, 0.15) is 5.56 Å². The van der Waals surface area contributed by atoms with Gasteiger partial charge in [-0.1, -0.05) is 30.3 Å². The predicted octanol–water partition coefficient (Wildman–Crippen LogP) is 3.43. The summed E-state index contributed by atoms with van der Waals surface area (Å²) < 4.78 is 39.3. The molecule has 0 radical (unpaired) electrons. The monoisotopic (exact) mass is 280 g/mol. The average Bonchev–Trinajstić information content (AvgIpc) is 2.42. The van der Waals surface area contributed by atoms with Crippen LogP contribution in [0.3, 0.4) is 0 Å². The van der Waals surface area contributed by atoms with Crippen LogP contribution in [0.5, 0.6) is 0 Å². The summed E-state index contributed by atoms with van der Waals surface area (Å²) in [5, 5.41) is 4.45. The Hall–Kier alpha value is -2.50. The maximum Gasteiger partial charge on any atom is 0.319 e. The zero-order valence-corrected chi connectivity index (χ0v) is 10.3. The maximum atomic E-state index is 13.3. The number of halogens is 3. The zero-order valence-electron chi connectivity index (χ0n) is 10.3. The second-order valence-corrected chi connectivity index (χ2v) is 4.04.